The fraction of sp³-hybridized carbons (Fsp3) is 0.455. The molecule has 0 saturated heterocycles. The number of rotatable bonds is 3. The molecule has 1 aliphatic rings. The first kappa shape index (κ1) is 9.97. The molecule has 0 spiro atoms. The predicted molar refractivity (Wildman–Crippen MR) is 59.3 cm³/mol. The third-order valence-corrected chi connectivity index (χ3v) is 3.08. The zero-order valence-electron chi connectivity index (χ0n) is 8.04. The van der Waals surface area contributed by atoms with Crippen LogP contribution in [0.2, 0.25) is 5.02 Å². The number of halogens is 1. The van der Waals surface area contributed by atoms with Gasteiger partial charge in [0.25, 0.3) is 0 Å². The van der Waals surface area contributed by atoms with Gasteiger partial charge in [0.05, 0.1) is 0 Å². The molecule has 1 aliphatic carbocycles. The van der Waals surface area contributed by atoms with Crippen LogP contribution in [0.4, 0.5) is 0 Å². The Kier molecular flexibility index (Phi) is 3.06. The van der Waals surface area contributed by atoms with Gasteiger partial charge in [-0.1, -0.05) is 29.8 Å². The summed E-state index contributed by atoms with van der Waals surface area (Å²) in [6.07, 6.45) is 2.18. The maximum atomic E-state index is 6.03. The molecule has 1 saturated carbocycles. The van der Waals surface area contributed by atoms with Gasteiger partial charge in [-0.05, 0) is 24.5 Å². The van der Waals surface area contributed by atoms with E-state index in [9.17, 15) is 0 Å². The first-order chi connectivity index (χ1) is 6.75. The summed E-state index contributed by atoms with van der Waals surface area (Å²) in [6.45, 7) is 0.844. The molecular weight excluding hydrogens is 196 g/mol. The van der Waals surface area contributed by atoms with Crippen molar-refractivity contribution in [3.8, 4) is 0 Å². The Balaban J connectivity index is 1.83. The minimum atomic E-state index is 0.402. The molecule has 1 aromatic carbocycles. The molecule has 2 nitrogen and oxygen atoms in total. The summed E-state index contributed by atoms with van der Waals surface area (Å²) in [5.74, 6) is 0. The summed E-state index contributed by atoms with van der Waals surface area (Å²) in [7, 11) is 0. The van der Waals surface area contributed by atoms with Gasteiger partial charge < -0.3 is 11.1 Å². The topological polar surface area (TPSA) is 38.0 Å². The van der Waals surface area contributed by atoms with E-state index >= 15 is 0 Å². The van der Waals surface area contributed by atoms with E-state index < -0.39 is 0 Å². The Hall–Kier alpha value is -0.570. The average molecular weight is 211 g/mol. The Morgan fingerprint density at radius 1 is 1.36 bits per heavy atom. The smallest absolute Gasteiger partial charge is 0.0450 e. The molecule has 3 heteroatoms. The summed E-state index contributed by atoms with van der Waals surface area (Å²) in [5, 5.41) is 4.28. The monoisotopic (exact) mass is 210 g/mol. The van der Waals surface area contributed by atoms with Gasteiger partial charge in [-0.25, -0.2) is 0 Å². The normalized spacial score (nSPS) is 25.9. The Morgan fingerprint density at radius 3 is 2.71 bits per heavy atom. The summed E-state index contributed by atoms with van der Waals surface area (Å²) >= 11 is 6.03. The summed E-state index contributed by atoms with van der Waals surface area (Å²) in [6, 6.07) is 8.92. The van der Waals surface area contributed by atoms with E-state index in [0.717, 1.165) is 30.0 Å². The lowest BCUT2D eigenvalue weighted by atomic mass is 9.87. The van der Waals surface area contributed by atoms with Crippen LogP contribution in [0.1, 0.15) is 18.4 Å². The van der Waals surface area contributed by atoms with Gasteiger partial charge in [-0.15, -0.1) is 0 Å². The van der Waals surface area contributed by atoms with E-state index in [1.165, 1.54) is 0 Å². The molecule has 1 fully saturated rings. The third kappa shape index (κ3) is 2.27. The van der Waals surface area contributed by atoms with Crippen LogP contribution in [0.3, 0.4) is 0 Å². The maximum Gasteiger partial charge on any atom is 0.0450 e. The summed E-state index contributed by atoms with van der Waals surface area (Å²) < 4.78 is 0. The Morgan fingerprint density at radius 2 is 2.07 bits per heavy atom. The molecule has 0 aromatic heterocycles. The van der Waals surface area contributed by atoms with Crippen molar-refractivity contribution in [2.75, 3.05) is 0 Å². The highest BCUT2D eigenvalue weighted by molar-refractivity contribution is 6.31. The summed E-state index contributed by atoms with van der Waals surface area (Å²) in [4.78, 5) is 0. The average Bonchev–Trinajstić information content (AvgIpc) is 2.13. The van der Waals surface area contributed by atoms with Crippen molar-refractivity contribution in [3.63, 3.8) is 0 Å². The Labute approximate surface area is 89.4 Å². The number of nitrogens with one attached hydrogen (secondary N) is 1. The van der Waals surface area contributed by atoms with Crippen molar-refractivity contribution in [2.24, 2.45) is 5.73 Å². The molecule has 0 radical (unpaired) electrons. The molecule has 0 aliphatic heterocycles. The zero-order chi connectivity index (χ0) is 9.97. The second kappa shape index (κ2) is 4.30. The van der Waals surface area contributed by atoms with Crippen LogP contribution < -0.4 is 11.1 Å². The van der Waals surface area contributed by atoms with Crippen molar-refractivity contribution in [1.82, 2.24) is 5.32 Å². The molecule has 14 heavy (non-hydrogen) atoms. The minimum Gasteiger partial charge on any atom is -0.328 e. The van der Waals surface area contributed by atoms with Gasteiger partial charge in [0, 0.05) is 23.7 Å². The molecule has 0 heterocycles. The van der Waals surface area contributed by atoms with E-state index in [1.54, 1.807) is 0 Å². The molecule has 0 amide bonds. The van der Waals surface area contributed by atoms with E-state index in [1.807, 2.05) is 24.3 Å². The van der Waals surface area contributed by atoms with E-state index in [4.69, 9.17) is 17.3 Å². The second-order valence-electron chi connectivity index (χ2n) is 3.90. The number of nitrogens with two attached hydrogens (primary N) is 1. The molecule has 76 valence electrons. The van der Waals surface area contributed by atoms with Crippen molar-refractivity contribution < 1.29 is 0 Å². The van der Waals surface area contributed by atoms with E-state index in [0.29, 0.717) is 12.1 Å². The molecule has 2 rings (SSSR count). The van der Waals surface area contributed by atoms with Gasteiger partial charge in [-0.3, -0.25) is 0 Å². The first-order valence-corrected chi connectivity index (χ1v) is 5.36. The van der Waals surface area contributed by atoms with Crippen LogP contribution in [0.5, 0.6) is 0 Å². The van der Waals surface area contributed by atoms with Gasteiger partial charge in [0.1, 0.15) is 0 Å². The highest BCUT2D eigenvalue weighted by Crippen LogP contribution is 2.19. The lowest BCUT2D eigenvalue weighted by Crippen LogP contribution is -2.48. The molecule has 0 unspecified atom stereocenters. The molecular formula is C11H15ClN2. The van der Waals surface area contributed by atoms with Crippen LogP contribution in [0.25, 0.3) is 0 Å². The van der Waals surface area contributed by atoms with Crippen LogP contribution >= 0.6 is 11.6 Å². The van der Waals surface area contributed by atoms with Crippen LogP contribution in [-0.4, -0.2) is 12.1 Å². The van der Waals surface area contributed by atoms with Crippen molar-refractivity contribution in [1.29, 1.82) is 0 Å². The Bertz CT molecular complexity index is 308. The maximum absolute atomic E-state index is 6.03. The first-order valence-electron chi connectivity index (χ1n) is 4.98. The van der Waals surface area contributed by atoms with Gasteiger partial charge in [0.15, 0.2) is 0 Å². The minimum absolute atomic E-state index is 0.402. The molecule has 0 bridgehead atoms. The zero-order valence-corrected chi connectivity index (χ0v) is 8.80. The van der Waals surface area contributed by atoms with Crippen molar-refractivity contribution >= 4 is 11.6 Å². The molecule has 0 atom stereocenters. The SMILES string of the molecule is NC1CC(NCc2ccccc2Cl)C1. The van der Waals surface area contributed by atoms with E-state index in [-0.39, 0.29) is 0 Å². The van der Waals surface area contributed by atoms with Crippen molar-refractivity contribution in [3.05, 3.63) is 34.9 Å². The highest BCUT2D eigenvalue weighted by Gasteiger charge is 2.24. The number of hydrogen-bond donors (Lipinski definition) is 2. The highest BCUT2D eigenvalue weighted by atomic mass is 35.5. The second-order valence-corrected chi connectivity index (χ2v) is 4.31. The fourth-order valence-corrected chi connectivity index (χ4v) is 1.93. The van der Waals surface area contributed by atoms with Crippen LogP contribution in [-0.2, 0) is 6.54 Å². The van der Waals surface area contributed by atoms with E-state index in [2.05, 4.69) is 5.32 Å². The lowest BCUT2D eigenvalue weighted by molar-refractivity contribution is 0.291. The van der Waals surface area contributed by atoms with Gasteiger partial charge in [0.2, 0.25) is 0 Å². The van der Waals surface area contributed by atoms with Gasteiger partial charge in [-0.2, -0.15) is 0 Å². The fourth-order valence-electron chi connectivity index (χ4n) is 1.72. The standard InChI is InChI=1S/C11H15ClN2/c12-11-4-2-1-3-8(11)7-14-10-5-9(13)6-10/h1-4,9-10,14H,5-7,13H2. The number of benzene rings is 1. The quantitative estimate of drug-likeness (QED) is 0.800. The molecule has 3 N–H and O–H groups in total. The van der Waals surface area contributed by atoms with Crippen molar-refractivity contribution in [2.45, 2.75) is 31.5 Å². The number of hydrogen-bond acceptors (Lipinski definition) is 2. The third-order valence-electron chi connectivity index (χ3n) is 2.71. The van der Waals surface area contributed by atoms with Gasteiger partial charge >= 0.3 is 0 Å². The molecule has 1 aromatic rings. The summed E-state index contributed by atoms with van der Waals surface area (Å²) in [5.41, 5.74) is 6.86. The van der Waals surface area contributed by atoms with Crippen LogP contribution in [0.15, 0.2) is 24.3 Å². The van der Waals surface area contributed by atoms with Crippen LogP contribution in [0, 0.1) is 0 Å². The largest absolute Gasteiger partial charge is 0.328 e. The lowest BCUT2D eigenvalue weighted by Gasteiger charge is -2.33. The predicted octanol–water partition coefficient (Wildman–Crippen LogP) is 1.92.